The molecule has 6 heteroatoms. The van der Waals surface area contributed by atoms with Crippen molar-refractivity contribution in [3.05, 3.63) is 72.9 Å². The second-order valence-electron chi connectivity index (χ2n) is 15.7. The summed E-state index contributed by atoms with van der Waals surface area (Å²) in [5.41, 5.74) is 0. The highest BCUT2D eigenvalue weighted by Gasteiger charge is 2.19. The van der Waals surface area contributed by atoms with E-state index in [9.17, 15) is 14.4 Å². The lowest BCUT2D eigenvalue weighted by Crippen LogP contribution is -2.30. The number of carbonyl (C=O) groups excluding carboxylic acids is 3. The van der Waals surface area contributed by atoms with Crippen LogP contribution in [-0.2, 0) is 28.6 Å². The molecule has 0 aromatic rings. The van der Waals surface area contributed by atoms with Crippen LogP contribution in [0.2, 0.25) is 0 Å². The number of allylic oxidation sites excluding steroid dienone is 12. The second-order valence-corrected chi connectivity index (χ2v) is 15.7. The number of unbranched alkanes of at least 4 members (excludes halogenated alkanes) is 20. The molecule has 0 heterocycles. The van der Waals surface area contributed by atoms with Gasteiger partial charge in [0.25, 0.3) is 0 Å². The van der Waals surface area contributed by atoms with Gasteiger partial charge in [0.05, 0.1) is 0 Å². The van der Waals surface area contributed by atoms with Crippen LogP contribution in [0.15, 0.2) is 72.9 Å². The lowest BCUT2D eigenvalue weighted by molar-refractivity contribution is -0.167. The van der Waals surface area contributed by atoms with Crippen LogP contribution in [-0.4, -0.2) is 37.2 Å². The summed E-state index contributed by atoms with van der Waals surface area (Å²) in [5, 5.41) is 0. The van der Waals surface area contributed by atoms with Crippen LogP contribution in [0.4, 0.5) is 0 Å². The van der Waals surface area contributed by atoms with E-state index in [-0.39, 0.29) is 31.1 Å². The Labute approximate surface area is 357 Å². The monoisotopic (exact) mass is 809 g/mol. The first kappa shape index (κ1) is 54.9. The first-order valence-electron chi connectivity index (χ1n) is 24.0. The van der Waals surface area contributed by atoms with E-state index >= 15 is 0 Å². The summed E-state index contributed by atoms with van der Waals surface area (Å²) in [4.78, 5) is 37.8. The van der Waals surface area contributed by atoms with Gasteiger partial charge in [-0.05, 0) is 96.3 Å². The van der Waals surface area contributed by atoms with E-state index in [1.807, 2.05) is 0 Å². The van der Waals surface area contributed by atoms with Crippen LogP contribution in [0.25, 0.3) is 0 Å². The fourth-order valence-electron chi connectivity index (χ4n) is 6.31. The summed E-state index contributed by atoms with van der Waals surface area (Å²) in [6, 6.07) is 0. The standard InChI is InChI=1S/C52H88O6/c1-4-7-10-13-16-19-22-24-25-26-27-28-31-33-36-39-42-45-51(54)57-48-49(47-56-50(53)44-41-38-35-32-29-21-18-15-12-9-6-3)58-52(55)46-43-40-37-34-30-23-20-17-14-11-8-5-2/h8,11,15-21,24-25,29,49H,4-7,9-10,12-14,22-23,26-28,30-48H2,1-3H3/b11-8-,18-15-,19-16-,20-17-,25-24-,29-21-. The molecule has 0 amide bonds. The Kier molecular flexibility index (Phi) is 44.0. The second kappa shape index (κ2) is 46.5. The molecular weight excluding hydrogens is 721 g/mol. The van der Waals surface area contributed by atoms with Gasteiger partial charge in [-0.25, -0.2) is 0 Å². The molecule has 1 atom stereocenters. The molecule has 0 aliphatic rings. The number of carbonyl (C=O) groups is 3. The lowest BCUT2D eigenvalue weighted by Gasteiger charge is -2.18. The van der Waals surface area contributed by atoms with Crippen molar-refractivity contribution in [3.8, 4) is 0 Å². The fourth-order valence-corrected chi connectivity index (χ4v) is 6.31. The highest BCUT2D eigenvalue weighted by Crippen LogP contribution is 2.13. The molecule has 0 N–H and O–H groups in total. The molecule has 0 saturated carbocycles. The zero-order valence-corrected chi connectivity index (χ0v) is 37.8. The summed E-state index contributed by atoms with van der Waals surface area (Å²) in [6.07, 6.45) is 57.4. The molecule has 0 fully saturated rings. The molecule has 0 saturated heterocycles. The molecule has 6 nitrogen and oxygen atoms in total. The summed E-state index contributed by atoms with van der Waals surface area (Å²) in [5.74, 6) is -0.950. The van der Waals surface area contributed by atoms with Gasteiger partial charge in [0.1, 0.15) is 13.2 Å². The van der Waals surface area contributed by atoms with Gasteiger partial charge in [-0.3, -0.25) is 14.4 Å². The fraction of sp³-hybridized carbons (Fsp3) is 0.712. The van der Waals surface area contributed by atoms with Gasteiger partial charge < -0.3 is 14.2 Å². The Hall–Kier alpha value is -3.15. The van der Waals surface area contributed by atoms with Crippen LogP contribution in [0.3, 0.4) is 0 Å². The molecule has 0 aromatic carbocycles. The van der Waals surface area contributed by atoms with Gasteiger partial charge in [0.15, 0.2) is 6.10 Å². The van der Waals surface area contributed by atoms with E-state index in [2.05, 4.69) is 93.7 Å². The molecule has 0 spiro atoms. The molecule has 58 heavy (non-hydrogen) atoms. The normalized spacial score (nSPS) is 12.7. The van der Waals surface area contributed by atoms with Gasteiger partial charge in [0, 0.05) is 19.3 Å². The Morgan fingerprint density at radius 3 is 1.21 bits per heavy atom. The molecule has 0 radical (unpaired) electrons. The molecule has 0 rings (SSSR count). The third kappa shape index (κ3) is 44.0. The largest absolute Gasteiger partial charge is 0.462 e. The van der Waals surface area contributed by atoms with Crippen molar-refractivity contribution in [3.63, 3.8) is 0 Å². The number of rotatable bonds is 42. The topological polar surface area (TPSA) is 78.9 Å². The van der Waals surface area contributed by atoms with Crippen LogP contribution in [0.5, 0.6) is 0 Å². The summed E-state index contributed by atoms with van der Waals surface area (Å²) >= 11 is 0. The van der Waals surface area contributed by atoms with Crippen molar-refractivity contribution in [2.75, 3.05) is 13.2 Å². The van der Waals surface area contributed by atoms with E-state index in [0.717, 1.165) is 116 Å². The van der Waals surface area contributed by atoms with Crippen molar-refractivity contribution in [2.24, 2.45) is 0 Å². The van der Waals surface area contributed by atoms with Crippen molar-refractivity contribution < 1.29 is 28.6 Å². The Morgan fingerprint density at radius 1 is 0.379 bits per heavy atom. The van der Waals surface area contributed by atoms with Gasteiger partial charge in [0.2, 0.25) is 0 Å². The summed E-state index contributed by atoms with van der Waals surface area (Å²) in [7, 11) is 0. The average Bonchev–Trinajstić information content (AvgIpc) is 3.22. The van der Waals surface area contributed by atoms with E-state index in [1.54, 1.807) is 0 Å². The predicted molar refractivity (Wildman–Crippen MR) is 247 cm³/mol. The van der Waals surface area contributed by atoms with Crippen molar-refractivity contribution in [2.45, 2.75) is 226 Å². The molecule has 1 unspecified atom stereocenters. The van der Waals surface area contributed by atoms with Crippen LogP contribution in [0, 0.1) is 0 Å². The van der Waals surface area contributed by atoms with Crippen molar-refractivity contribution in [1.82, 2.24) is 0 Å². The number of hydrogen-bond donors (Lipinski definition) is 0. The Balaban J connectivity index is 4.41. The van der Waals surface area contributed by atoms with Crippen LogP contribution in [0.1, 0.15) is 220 Å². The van der Waals surface area contributed by atoms with Crippen LogP contribution >= 0.6 is 0 Å². The van der Waals surface area contributed by atoms with Gasteiger partial charge in [-0.1, -0.05) is 177 Å². The van der Waals surface area contributed by atoms with Gasteiger partial charge >= 0.3 is 17.9 Å². The van der Waals surface area contributed by atoms with Gasteiger partial charge in [-0.15, -0.1) is 0 Å². The third-order valence-electron chi connectivity index (χ3n) is 9.94. The smallest absolute Gasteiger partial charge is 0.306 e. The molecular formula is C52H88O6. The van der Waals surface area contributed by atoms with Crippen LogP contribution < -0.4 is 0 Å². The minimum atomic E-state index is -0.795. The van der Waals surface area contributed by atoms with Gasteiger partial charge in [-0.2, -0.15) is 0 Å². The Bertz CT molecular complexity index is 1110. The maximum Gasteiger partial charge on any atom is 0.306 e. The van der Waals surface area contributed by atoms with E-state index in [0.29, 0.717) is 19.3 Å². The van der Waals surface area contributed by atoms with Crippen molar-refractivity contribution in [1.29, 1.82) is 0 Å². The molecule has 332 valence electrons. The first-order valence-corrected chi connectivity index (χ1v) is 24.0. The average molecular weight is 809 g/mol. The molecule has 0 bridgehead atoms. The van der Waals surface area contributed by atoms with E-state index in [4.69, 9.17) is 14.2 Å². The minimum Gasteiger partial charge on any atom is -0.462 e. The first-order chi connectivity index (χ1) is 28.5. The highest BCUT2D eigenvalue weighted by atomic mass is 16.6. The number of ether oxygens (including phenoxy) is 3. The van der Waals surface area contributed by atoms with Crippen molar-refractivity contribution >= 4 is 17.9 Å². The molecule has 0 aliphatic heterocycles. The highest BCUT2D eigenvalue weighted by molar-refractivity contribution is 5.71. The Morgan fingerprint density at radius 2 is 0.741 bits per heavy atom. The maximum absolute atomic E-state index is 12.7. The zero-order valence-electron chi connectivity index (χ0n) is 37.8. The molecule has 0 aliphatic carbocycles. The number of esters is 3. The minimum absolute atomic E-state index is 0.0947. The number of hydrogen-bond acceptors (Lipinski definition) is 6. The lowest BCUT2D eigenvalue weighted by atomic mass is 10.1. The molecule has 0 aromatic heterocycles. The third-order valence-corrected chi connectivity index (χ3v) is 9.94. The maximum atomic E-state index is 12.7. The predicted octanol–water partition coefficient (Wildman–Crippen LogP) is 15.5. The van der Waals surface area contributed by atoms with E-state index < -0.39 is 6.10 Å². The van der Waals surface area contributed by atoms with E-state index in [1.165, 1.54) is 64.2 Å². The SMILES string of the molecule is CC/C=C\C/C=C\CCCCCCCC(=O)OC(COC(=O)CCCCC/C=C\C=C/CCCC)COC(=O)CCCCCCCCC/C=C\C/C=C\CCCCC. The summed E-state index contributed by atoms with van der Waals surface area (Å²) in [6.45, 7) is 6.39. The quantitative estimate of drug-likeness (QED) is 0.0201. The summed E-state index contributed by atoms with van der Waals surface area (Å²) < 4.78 is 16.7. The zero-order chi connectivity index (χ0) is 42.3.